The number of ether oxygens (including phenoxy) is 1. The molecule has 0 radical (unpaired) electrons. The van der Waals surface area contributed by atoms with Gasteiger partial charge in [0.1, 0.15) is 5.60 Å². The number of halogens is 1. The van der Waals surface area contributed by atoms with E-state index in [1.807, 2.05) is 31.7 Å². The number of benzene rings is 1. The molecule has 1 heterocycles. The molecule has 1 atom stereocenters. The van der Waals surface area contributed by atoms with Crippen LogP contribution in [0.1, 0.15) is 33.3 Å². The average Bonchev–Trinajstić information content (AvgIpc) is 2.39. The maximum atomic E-state index is 12.1. The molecule has 1 fully saturated rings. The molecule has 1 aromatic rings. The highest BCUT2D eigenvalue weighted by molar-refractivity contribution is 9.10. The highest BCUT2D eigenvalue weighted by Gasteiger charge is 2.29. The van der Waals surface area contributed by atoms with E-state index in [0.29, 0.717) is 19.1 Å². The summed E-state index contributed by atoms with van der Waals surface area (Å²) in [6.45, 7) is 11.1. The lowest BCUT2D eigenvalue weighted by molar-refractivity contribution is 0.00461. The molecule has 0 N–H and O–H groups in total. The summed E-state index contributed by atoms with van der Waals surface area (Å²) in [5.41, 5.74) is 0.847. The van der Waals surface area contributed by atoms with Crippen molar-refractivity contribution in [1.29, 1.82) is 0 Å². The van der Waals surface area contributed by atoms with Crippen LogP contribution in [0.5, 0.6) is 0 Å². The molecule has 0 aliphatic carbocycles. The van der Waals surface area contributed by atoms with E-state index in [1.165, 1.54) is 5.56 Å². The van der Waals surface area contributed by atoms with Gasteiger partial charge in [0.25, 0.3) is 0 Å². The number of rotatable bonds is 2. The standard InChI is InChI=1S/C17H25BrN2O2/c1-13-11-20(16(21)22-17(2,3)4)9-8-19(13)12-14-6-5-7-15(18)10-14/h5-7,10,13H,8-9,11-12H2,1-4H3/t13-/m0/s1. The summed E-state index contributed by atoms with van der Waals surface area (Å²) >= 11 is 3.51. The van der Waals surface area contributed by atoms with Crippen LogP contribution in [0.2, 0.25) is 0 Å². The van der Waals surface area contributed by atoms with Crippen molar-refractivity contribution in [2.75, 3.05) is 19.6 Å². The van der Waals surface area contributed by atoms with E-state index < -0.39 is 5.60 Å². The Morgan fingerprint density at radius 1 is 1.36 bits per heavy atom. The lowest BCUT2D eigenvalue weighted by atomic mass is 10.1. The Morgan fingerprint density at radius 2 is 2.09 bits per heavy atom. The molecular formula is C17H25BrN2O2. The molecule has 0 bridgehead atoms. The van der Waals surface area contributed by atoms with Crippen LogP contribution in [0.15, 0.2) is 28.7 Å². The Morgan fingerprint density at radius 3 is 2.68 bits per heavy atom. The third-order valence-corrected chi connectivity index (χ3v) is 4.18. The van der Waals surface area contributed by atoms with E-state index >= 15 is 0 Å². The minimum Gasteiger partial charge on any atom is -0.444 e. The Hall–Kier alpha value is -1.07. The van der Waals surface area contributed by atoms with Gasteiger partial charge >= 0.3 is 6.09 Å². The number of carbonyl (C=O) groups excluding carboxylic acids is 1. The van der Waals surface area contributed by atoms with Crippen LogP contribution in [-0.4, -0.2) is 47.2 Å². The highest BCUT2D eigenvalue weighted by Crippen LogP contribution is 2.18. The zero-order valence-electron chi connectivity index (χ0n) is 13.8. The van der Waals surface area contributed by atoms with E-state index in [9.17, 15) is 4.79 Å². The topological polar surface area (TPSA) is 32.8 Å². The van der Waals surface area contributed by atoms with Gasteiger partial charge in [0.2, 0.25) is 0 Å². The molecule has 2 rings (SSSR count). The van der Waals surface area contributed by atoms with Crippen LogP contribution in [0.4, 0.5) is 4.79 Å². The fourth-order valence-electron chi connectivity index (χ4n) is 2.59. The molecule has 0 unspecified atom stereocenters. The van der Waals surface area contributed by atoms with Crippen LogP contribution < -0.4 is 0 Å². The van der Waals surface area contributed by atoms with E-state index in [0.717, 1.165) is 17.6 Å². The fourth-order valence-corrected chi connectivity index (χ4v) is 3.04. The quantitative estimate of drug-likeness (QED) is 0.793. The molecule has 22 heavy (non-hydrogen) atoms. The van der Waals surface area contributed by atoms with Crippen LogP contribution in [0, 0.1) is 0 Å². The van der Waals surface area contributed by atoms with Gasteiger partial charge in [-0.3, -0.25) is 4.90 Å². The largest absolute Gasteiger partial charge is 0.444 e. The number of hydrogen-bond donors (Lipinski definition) is 0. The summed E-state index contributed by atoms with van der Waals surface area (Å²) in [4.78, 5) is 16.4. The van der Waals surface area contributed by atoms with Crippen molar-refractivity contribution in [3.63, 3.8) is 0 Å². The number of piperazine rings is 1. The maximum Gasteiger partial charge on any atom is 0.410 e. The second-order valence-corrected chi connectivity index (χ2v) is 7.79. The second-order valence-electron chi connectivity index (χ2n) is 6.88. The molecule has 1 aliphatic rings. The molecular weight excluding hydrogens is 344 g/mol. The minimum absolute atomic E-state index is 0.207. The van der Waals surface area contributed by atoms with E-state index in [2.05, 4.69) is 46.0 Å². The van der Waals surface area contributed by atoms with Crippen LogP contribution in [0.25, 0.3) is 0 Å². The summed E-state index contributed by atoms with van der Waals surface area (Å²) in [6.07, 6.45) is -0.207. The lowest BCUT2D eigenvalue weighted by Gasteiger charge is -2.40. The van der Waals surface area contributed by atoms with Gasteiger partial charge in [-0.2, -0.15) is 0 Å². The van der Waals surface area contributed by atoms with E-state index in [1.54, 1.807) is 0 Å². The van der Waals surface area contributed by atoms with Crippen LogP contribution >= 0.6 is 15.9 Å². The molecule has 5 heteroatoms. The third-order valence-electron chi connectivity index (χ3n) is 3.69. The molecule has 122 valence electrons. The summed E-state index contributed by atoms with van der Waals surface area (Å²) in [7, 11) is 0. The predicted molar refractivity (Wildman–Crippen MR) is 91.8 cm³/mol. The first-order valence-corrected chi connectivity index (χ1v) is 8.50. The van der Waals surface area contributed by atoms with Crippen molar-refractivity contribution in [2.45, 2.75) is 45.9 Å². The van der Waals surface area contributed by atoms with Crippen molar-refractivity contribution in [2.24, 2.45) is 0 Å². The first kappa shape index (κ1) is 17.3. The third kappa shape index (κ3) is 4.99. The summed E-state index contributed by atoms with van der Waals surface area (Å²) in [5, 5.41) is 0. The highest BCUT2D eigenvalue weighted by atomic mass is 79.9. The van der Waals surface area contributed by atoms with Gasteiger partial charge in [0.15, 0.2) is 0 Å². The van der Waals surface area contributed by atoms with Crippen LogP contribution in [-0.2, 0) is 11.3 Å². The van der Waals surface area contributed by atoms with Gasteiger partial charge in [0.05, 0.1) is 0 Å². The fraction of sp³-hybridized carbons (Fsp3) is 0.588. The summed E-state index contributed by atoms with van der Waals surface area (Å²) in [5.74, 6) is 0. The average molecular weight is 369 g/mol. The Bertz CT molecular complexity index is 528. The molecule has 0 aromatic heterocycles. The van der Waals surface area contributed by atoms with Gasteiger partial charge in [0, 0.05) is 36.7 Å². The normalized spacial score (nSPS) is 20.0. The number of nitrogens with zero attached hydrogens (tertiary/aromatic N) is 2. The SMILES string of the molecule is C[C@H]1CN(C(=O)OC(C)(C)C)CCN1Cc1cccc(Br)c1. The van der Waals surface area contributed by atoms with Gasteiger partial charge in [-0.15, -0.1) is 0 Å². The number of amides is 1. The van der Waals surface area contributed by atoms with E-state index in [-0.39, 0.29) is 6.09 Å². The Kier molecular flexibility index (Phi) is 5.50. The van der Waals surface area contributed by atoms with Gasteiger partial charge in [-0.25, -0.2) is 4.79 Å². The van der Waals surface area contributed by atoms with Gasteiger partial charge in [-0.1, -0.05) is 28.1 Å². The molecule has 1 saturated heterocycles. The first-order valence-electron chi connectivity index (χ1n) is 7.71. The van der Waals surface area contributed by atoms with Gasteiger partial charge < -0.3 is 9.64 Å². The van der Waals surface area contributed by atoms with Crippen molar-refractivity contribution in [3.8, 4) is 0 Å². The molecule has 1 aliphatic heterocycles. The summed E-state index contributed by atoms with van der Waals surface area (Å²) in [6, 6.07) is 8.69. The Balaban J connectivity index is 1.91. The smallest absolute Gasteiger partial charge is 0.410 e. The number of carbonyl (C=O) groups is 1. The van der Waals surface area contributed by atoms with Crippen LogP contribution in [0.3, 0.4) is 0 Å². The molecule has 0 saturated carbocycles. The second kappa shape index (κ2) is 7.01. The Labute approximate surface area is 141 Å². The number of hydrogen-bond acceptors (Lipinski definition) is 3. The predicted octanol–water partition coefficient (Wildman–Crippen LogP) is 3.89. The molecule has 1 amide bonds. The van der Waals surface area contributed by atoms with Crippen molar-refractivity contribution in [1.82, 2.24) is 9.80 Å². The molecule has 0 spiro atoms. The van der Waals surface area contributed by atoms with E-state index in [4.69, 9.17) is 4.74 Å². The molecule has 4 nitrogen and oxygen atoms in total. The zero-order chi connectivity index (χ0) is 16.3. The maximum absolute atomic E-state index is 12.1. The van der Waals surface area contributed by atoms with Gasteiger partial charge in [-0.05, 0) is 45.4 Å². The minimum atomic E-state index is -0.437. The lowest BCUT2D eigenvalue weighted by Crippen LogP contribution is -2.54. The monoisotopic (exact) mass is 368 g/mol. The zero-order valence-corrected chi connectivity index (χ0v) is 15.4. The molecule has 1 aromatic carbocycles. The summed E-state index contributed by atoms with van der Waals surface area (Å²) < 4.78 is 6.56. The van der Waals surface area contributed by atoms with Crippen molar-refractivity contribution >= 4 is 22.0 Å². The van der Waals surface area contributed by atoms with Crippen molar-refractivity contribution in [3.05, 3.63) is 34.3 Å². The van der Waals surface area contributed by atoms with Crippen molar-refractivity contribution < 1.29 is 9.53 Å². The first-order chi connectivity index (χ1) is 10.2.